The predicted molar refractivity (Wildman–Crippen MR) is 109 cm³/mol. The highest BCUT2D eigenvalue weighted by molar-refractivity contribution is 7.14. The number of carbonyl (C=O) groups is 1. The van der Waals surface area contributed by atoms with E-state index in [1.807, 2.05) is 0 Å². The number of nitrogens with zero attached hydrogens (tertiary/aromatic N) is 2. The second-order valence-electron chi connectivity index (χ2n) is 6.34. The number of hydrogen-bond acceptors (Lipinski definition) is 4. The summed E-state index contributed by atoms with van der Waals surface area (Å²) in [7, 11) is 1.68. The highest BCUT2D eigenvalue weighted by Gasteiger charge is 2.20. The Balaban J connectivity index is 1.41. The van der Waals surface area contributed by atoms with Gasteiger partial charge in [0.15, 0.2) is 5.96 Å². The fourth-order valence-corrected chi connectivity index (χ4v) is 3.80. The zero-order valence-corrected chi connectivity index (χ0v) is 16.1. The fraction of sp³-hybridized carbons (Fsp3) is 0.368. The number of hydrogen-bond donors (Lipinski definition) is 3. The number of guanidine groups is 1. The van der Waals surface area contributed by atoms with Crippen LogP contribution < -0.4 is 20.9 Å². The van der Waals surface area contributed by atoms with Crippen LogP contribution in [0.15, 0.2) is 46.8 Å². The van der Waals surface area contributed by atoms with Gasteiger partial charge in [-0.15, -0.1) is 11.3 Å². The molecule has 3 rings (SSSR count). The van der Waals surface area contributed by atoms with Crippen molar-refractivity contribution in [3.8, 4) is 0 Å². The SMILES string of the molecule is CN=C(NCC(=O)Nc1cccc(F)c1)NC1CCN(c2cccs2)CC1. The van der Waals surface area contributed by atoms with E-state index in [4.69, 9.17) is 0 Å². The first-order chi connectivity index (χ1) is 13.1. The van der Waals surface area contributed by atoms with Gasteiger partial charge < -0.3 is 20.9 Å². The third kappa shape index (κ3) is 5.68. The normalized spacial score (nSPS) is 15.5. The summed E-state index contributed by atoms with van der Waals surface area (Å²) in [5.74, 6) is -0.0397. The first-order valence-corrected chi connectivity index (χ1v) is 9.83. The minimum Gasteiger partial charge on any atom is -0.363 e. The Kier molecular flexibility index (Phi) is 6.64. The first kappa shape index (κ1) is 19.2. The minimum atomic E-state index is -0.382. The monoisotopic (exact) mass is 389 g/mol. The number of carbonyl (C=O) groups excluding carboxylic acids is 1. The largest absolute Gasteiger partial charge is 0.363 e. The minimum absolute atomic E-state index is 0.0597. The van der Waals surface area contributed by atoms with Crippen LogP contribution in [0.3, 0.4) is 0 Å². The maximum absolute atomic E-state index is 13.2. The van der Waals surface area contributed by atoms with Crippen molar-refractivity contribution in [1.29, 1.82) is 0 Å². The number of aliphatic imine (C=N–C) groups is 1. The molecule has 0 atom stereocenters. The molecule has 0 unspecified atom stereocenters. The van der Waals surface area contributed by atoms with Crippen LogP contribution >= 0.6 is 11.3 Å². The summed E-state index contributed by atoms with van der Waals surface area (Å²) >= 11 is 1.76. The van der Waals surface area contributed by atoms with Crippen LogP contribution in [-0.2, 0) is 4.79 Å². The molecule has 0 aliphatic carbocycles. The lowest BCUT2D eigenvalue weighted by atomic mass is 10.1. The molecule has 3 N–H and O–H groups in total. The van der Waals surface area contributed by atoms with Gasteiger partial charge in [0.1, 0.15) is 5.82 Å². The predicted octanol–water partition coefficient (Wildman–Crippen LogP) is 2.66. The van der Waals surface area contributed by atoms with Crippen LogP contribution in [0, 0.1) is 5.82 Å². The quantitative estimate of drug-likeness (QED) is 0.543. The van der Waals surface area contributed by atoms with E-state index in [-0.39, 0.29) is 18.3 Å². The molecule has 0 radical (unpaired) electrons. The van der Waals surface area contributed by atoms with E-state index in [1.54, 1.807) is 30.5 Å². The smallest absolute Gasteiger partial charge is 0.243 e. The number of amides is 1. The molecule has 1 amide bonds. The number of thiophene rings is 1. The molecule has 2 aromatic rings. The number of benzene rings is 1. The lowest BCUT2D eigenvalue weighted by Crippen LogP contribution is -2.49. The van der Waals surface area contributed by atoms with E-state index in [9.17, 15) is 9.18 Å². The molecule has 1 aliphatic rings. The molecule has 1 saturated heterocycles. The lowest BCUT2D eigenvalue weighted by molar-refractivity contribution is -0.115. The summed E-state index contributed by atoms with van der Waals surface area (Å²) in [5, 5.41) is 12.5. The number of rotatable bonds is 5. The second kappa shape index (κ2) is 9.36. The van der Waals surface area contributed by atoms with Crippen molar-refractivity contribution in [2.24, 2.45) is 4.99 Å². The highest BCUT2D eigenvalue weighted by Crippen LogP contribution is 2.24. The Bertz CT molecular complexity index is 772. The van der Waals surface area contributed by atoms with Gasteiger partial charge in [0.25, 0.3) is 0 Å². The Morgan fingerprint density at radius 3 is 2.78 bits per heavy atom. The van der Waals surface area contributed by atoms with Crippen LogP contribution in [0.5, 0.6) is 0 Å². The summed E-state index contributed by atoms with van der Waals surface area (Å²) in [6, 6.07) is 10.4. The summed E-state index contributed by atoms with van der Waals surface area (Å²) in [5.41, 5.74) is 0.436. The van der Waals surface area contributed by atoms with Gasteiger partial charge in [0.2, 0.25) is 5.91 Å². The van der Waals surface area contributed by atoms with E-state index in [0.29, 0.717) is 17.7 Å². The van der Waals surface area contributed by atoms with Crippen molar-refractivity contribution >= 4 is 33.9 Å². The Labute approximate surface area is 162 Å². The van der Waals surface area contributed by atoms with Gasteiger partial charge in [0.05, 0.1) is 11.5 Å². The Hall–Kier alpha value is -2.61. The van der Waals surface area contributed by atoms with E-state index in [2.05, 4.69) is 43.4 Å². The van der Waals surface area contributed by atoms with Crippen molar-refractivity contribution in [2.45, 2.75) is 18.9 Å². The molecule has 0 saturated carbocycles. The van der Waals surface area contributed by atoms with E-state index in [1.165, 1.54) is 17.1 Å². The average molecular weight is 390 g/mol. The van der Waals surface area contributed by atoms with E-state index < -0.39 is 0 Å². The zero-order valence-electron chi connectivity index (χ0n) is 15.2. The highest BCUT2D eigenvalue weighted by atomic mass is 32.1. The van der Waals surface area contributed by atoms with Crippen LogP contribution in [-0.4, -0.2) is 44.6 Å². The van der Waals surface area contributed by atoms with Crippen molar-refractivity contribution in [1.82, 2.24) is 10.6 Å². The van der Waals surface area contributed by atoms with Gasteiger partial charge in [-0.25, -0.2) is 4.39 Å². The molecule has 1 fully saturated rings. The molecule has 0 bridgehead atoms. The number of halogens is 1. The third-order valence-electron chi connectivity index (χ3n) is 4.40. The molecule has 8 heteroatoms. The molecule has 1 aromatic carbocycles. The van der Waals surface area contributed by atoms with Gasteiger partial charge in [-0.3, -0.25) is 9.79 Å². The third-order valence-corrected chi connectivity index (χ3v) is 5.33. The second-order valence-corrected chi connectivity index (χ2v) is 7.27. The molecule has 0 spiro atoms. The Morgan fingerprint density at radius 1 is 1.30 bits per heavy atom. The molecule has 1 aromatic heterocycles. The summed E-state index contributed by atoms with van der Waals surface area (Å²) in [6.07, 6.45) is 2.02. The molecule has 6 nitrogen and oxygen atoms in total. The van der Waals surface area contributed by atoms with Crippen molar-refractivity contribution < 1.29 is 9.18 Å². The summed E-state index contributed by atoms with van der Waals surface area (Å²) < 4.78 is 13.2. The average Bonchev–Trinajstić information content (AvgIpc) is 3.20. The lowest BCUT2D eigenvalue weighted by Gasteiger charge is -2.33. The van der Waals surface area contributed by atoms with Crippen LogP contribution in [0.2, 0.25) is 0 Å². The van der Waals surface area contributed by atoms with Gasteiger partial charge in [-0.1, -0.05) is 6.07 Å². The molecule has 2 heterocycles. The number of piperidine rings is 1. The maximum atomic E-state index is 13.2. The molecule has 144 valence electrons. The standard InChI is InChI=1S/C19H24FN5OS/c1-21-19(22-13-17(26)23-16-5-2-4-14(20)12-16)24-15-7-9-25(10-8-15)18-6-3-11-27-18/h2-6,11-12,15H,7-10,13H2,1H3,(H,23,26)(H2,21,22,24). The van der Waals surface area contributed by atoms with Gasteiger partial charge in [-0.05, 0) is 48.6 Å². The molecule has 1 aliphatic heterocycles. The zero-order chi connectivity index (χ0) is 19.1. The topological polar surface area (TPSA) is 68.8 Å². The van der Waals surface area contributed by atoms with Crippen LogP contribution in [0.4, 0.5) is 15.1 Å². The number of anilines is 2. The van der Waals surface area contributed by atoms with Gasteiger partial charge in [0, 0.05) is 31.9 Å². The first-order valence-electron chi connectivity index (χ1n) is 8.95. The van der Waals surface area contributed by atoms with Crippen molar-refractivity contribution in [3.05, 3.63) is 47.6 Å². The molecular formula is C19H24FN5OS. The van der Waals surface area contributed by atoms with Crippen LogP contribution in [0.1, 0.15) is 12.8 Å². The Morgan fingerprint density at radius 2 is 2.11 bits per heavy atom. The van der Waals surface area contributed by atoms with Crippen molar-refractivity contribution in [3.63, 3.8) is 0 Å². The fourth-order valence-electron chi connectivity index (χ4n) is 3.02. The van der Waals surface area contributed by atoms with Gasteiger partial charge >= 0.3 is 0 Å². The van der Waals surface area contributed by atoms with E-state index >= 15 is 0 Å². The summed E-state index contributed by atoms with van der Waals surface area (Å²) in [6.45, 7) is 2.05. The molecule has 27 heavy (non-hydrogen) atoms. The van der Waals surface area contributed by atoms with Crippen molar-refractivity contribution in [2.75, 3.05) is 36.9 Å². The van der Waals surface area contributed by atoms with Crippen LogP contribution in [0.25, 0.3) is 0 Å². The maximum Gasteiger partial charge on any atom is 0.243 e. The summed E-state index contributed by atoms with van der Waals surface area (Å²) in [4.78, 5) is 18.6. The van der Waals surface area contributed by atoms with E-state index in [0.717, 1.165) is 25.9 Å². The number of nitrogens with one attached hydrogen (secondary N) is 3. The van der Waals surface area contributed by atoms with Gasteiger partial charge in [-0.2, -0.15) is 0 Å². The molecular weight excluding hydrogens is 365 g/mol.